The van der Waals surface area contributed by atoms with E-state index < -0.39 is 56.1 Å². The van der Waals surface area contributed by atoms with Crippen LogP contribution in [0, 0.1) is 6.57 Å². The maximum absolute atomic E-state index is 11.3. The van der Waals surface area contributed by atoms with Crippen LogP contribution in [0.2, 0.25) is 0 Å². The van der Waals surface area contributed by atoms with E-state index in [1.165, 1.54) is 0 Å². The summed E-state index contributed by atoms with van der Waals surface area (Å²) in [6.07, 6.45) is -19.6. The van der Waals surface area contributed by atoms with Crippen LogP contribution in [-0.2, 0) is 0 Å². The summed E-state index contributed by atoms with van der Waals surface area (Å²) in [4.78, 5) is 2.84. The van der Waals surface area contributed by atoms with Crippen molar-refractivity contribution in [3.05, 3.63) is 41.2 Å². The van der Waals surface area contributed by atoms with Gasteiger partial charge in [-0.3, -0.25) is 0 Å². The van der Waals surface area contributed by atoms with Crippen LogP contribution in [-0.4, -0.2) is 17.7 Å². The first-order chi connectivity index (χ1) is 14.0. The molecule has 1 fully saturated rings. The maximum atomic E-state index is 11.3. The summed E-state index contributed by atoms with van der Waals surface area (Å²) in [5, 5.41) is 11.3. The molecule has 18 heavy (non-hydrogen) atoms. The van der Waals surface area contributed by atoms with E-state index in [2.05, 4.69) is 9.58 Å². The molecule has 1 aliphatic rings. The fraction of sp³-hybridized carbons (Fsp3) is 0.533. The quantitative estimate of drug-likeness (QED) is 0.845. The highest BCUT2D eigenvalue weighted by Gasteiger charge is 2.43. The van der Waals surface area contributed by atoms with E-state index in [-0.39, 0.29) is 5.75 Å². The number of rotatable bonds is 3. The van der Waals surface area contributed by atoms with Gasteiger partial charge in [0.25, 0.3) is 6.02 Å². The molecule has 0 saturated heterocycles. The second-order valence-electron chi connectivity index (χ2n) is 3.42. The average Bonchev–Trinajstić information content (AvgIpc) is 2.64. The molecule has 1 atom stereocenters. The SMILES string of the molecule is [2H]C([2H])([2H])Oc1ccc(C([2H])([N+]#[C-])C2(O)C([2H])([2H])C([2H])([2H])C([2H])([2H])C([2H])([2H])C2([2H])[2H])cc1. The fourth-order valence-corrected chi connectivity index (χ4v) is 1.46. The number of nitrogens with zero attached hydrogens (tertiary/aromatic N) is 1. The summed E-state index contributed by atoms with van der Waals surface area (Å²) in [5.41, 5.74) is -4.71. The van der Waals surface area contributed by atoms with E-state index >= 15 is 0 Å². The number of hydrogen-bond acceptors (Lipinski definition) is 2. The molecule has 0 aliphatic heterocycles. The lowest BCUT2D eigenvalue weighted by atomic mass is 9.77. The largest absolute Gasteiger partial charge is 0.497 e. The first kappa shape index (κ1) is 3.98. The Balaban J connectivity index is 2.84. The molecule has 1 aromatic rings. The minimum atomic E-state index is -4.08. The van der Waals surface area contributed by atoms with Crippen LogP contribution in [0.1, 0.15) is 62.6 Å². The third kappa shape index (κ3) is 2.49. The minimum absolute atomic E-state index is 0.273. The molecule has 1 aliphatic carbocycles. The van der Waals surface area contributed by atoms with Crippen LogP contribution < -0.4 is 4.74 Å². The molecule has 96 valence electrons. The topological polar surface area (TPSA) is 33.8 Å². The van der Waals surface area contributed by atoms with Crippen LogP contribution >= 0.6 is 0 Å². The number of aliphatic hydroxyl groups is 1. The molecule has 1 unspecified atom stereocenters. The summed E-state index contributed by atoms with van der Waals surface area (Å²) in [6, 6.07) is 0.150. The predicted molar refractivity (Wildman–Crippen MR) is 70.4 cm³/mol. The third-order valence-corrected chi connectivity index (χ3v) is 2.31. The molecule has 2 rings (SSSR count). The third-order valence-electron chi connectivity index (χ3n) is 2.31. The van der Waals surface area contributed by atoms with Gasteiger partial charge in [0, 0.05) is 19.3 Å². The van der Waals surface area contributed by atoms with Gasteiger partial charge in [-0.05, 0) is 37.0 Å². The molecule has 1 aromatic carbocycles. The van der Waals surface area contributed by atoms with Crippen molar-refractivity contribution in [2.75, 3.05) is 7.04 Å². The maximum Gasteiger partial charge on any atom is 0.276 e. The molecule has 0 amide bonds. The number of benzene rings is 1. The Morgan fingerprint density at radius 3 is 2.67 bits per heavy atom. The van der Waals surface area contributed by atoms with Crippen molar-refractivity contribution >= 4 is 0 Å². The summed E-state index contributed by atoms with van der Waals surface area (Å²) < 4.78 is 115. The lowest BCUT2D eigenvalue weighted by Gasteiger charge is -2.32. The van der Waals surface area contributed by atoms with Gasteiger partial charge in [0.05, 0.1) is 11.2 Å². The Morgan fingerprint density at radius 1 is 1.44 bits per heavy atom. The fourth-order valence-electron chi connectivity index (χ4n) is 1.46. The molecule has 0 radical (unpaired) electrons. The summed E-state index contributed by atoms with van der Waals surface area (Å²) in [5.74, 6) is -0.273. The lowest BCUT2D eigenvalue weighted by Crippen LogP contribution is -2.36. The monoisotopic (exact) mass is 259 g/mol. The van der Waals surface area contributed by atoms with E-state index in [9.17, 15) is 5.11 Å². The van der Waals surface area contributed by atoms with Gasteiger partial charge in [0.2, 0.25) is 0 Å². The van der Waals surface area contributed by atoms with Gasteiger partial charge < -0.3 is 14.7 Å². The first-order valence-corrected chi connectivity index (χ1v) is 4.90. The van der Waals surface area contributed by atoms with Crippen molar-refractivity contribution in [1.29, 1.82) is 0 Å². The van der Waals surface area contributed by atoms with Gasteiger partial charge in [-0.1, -0.05) is 19.1 Å². The first-order valence-electron chi connectivity index (χ1n) is 11.9. The zero-order valence-corrected chi connectivity index (χ0v) is 9.11. The predicted octanol–water partition coefficient (Wildman–Crippen LogP) is 3.35. The molecule has 0 aromatic heterocycles. The second-order valence-corrected chi connectivity index (χ2v) is 3.42. The van der Waals surface area contributed by atoms with Crippen molar-refractivity contribution in [1.82, 2.24) is 0 Å². The van der Waals surface area contributed by atoms with Gasteiger partial charge in [0.15, 0.2) is 0 Å². The molecule has 1 saturated carbocycles. The smallest absolute Gasteiger partial charge is 0.276 e. The highest BCUT2D eigenvalue weighted by molar-refractivity contribution is 5.32. The Bertz CT molecular complexity index is 903. The molecule has 0 heterocycles. The second kappa shape index (κ2) is 5.41. The minimum Gasteiger partial charge on any atom is -0.497 e. The Morgan fingerprint density at radius 2 is 2.11 bits per heavy atom. The van der Waals surface area contributed by atoms with Gasteiger partial charge in [-0.15, -0.1) is 0 Å². The van der Waals surface area contributed by atoms with E-state index in [1.54, 1.807) is 0 Å². The molecular weight excluding hydrogens is 226 g/mol. The normalized spacial score (nSPS) is 47.8. The Kier molecular flexibility index (Phi) is 1.20. The summed E-state index contributed by atoms with van der Waals surface area (Å²) >= 11 is 0. The molecule has 0 spiro atoms. The van der Waals surface area contributed by atoms with Crippen LogP contribution in [0.15, 0.2) is 24.3 Å². The standard InChI is InChI=1S/C15H19NO2/c1-16-14(15(17)10-4-3-5-11-15)12-6-8-13(18-2)9-7-12/h6-9,14,17H,3-5,10-11H2,2H3/i2D3,3D2,4D2,5D2,10D2,11D2,14D. The molecule has 1 N–H and O–H groups in total. The lowest BCUT2D eigenvalue weighted by molar-refractivity contribution is -0.00979. The van der Waals surface area contributed by atoms with E-state index in [0.717, 1.165) is 24.3 Å². The van der Waals surface area contributed by atoms with Gasteiger partial charge in [-0.25, -0.2) is 6.57 Å². The molecular formula is C15H19NO2. The Hall–Kier alpha value is -1.53. The summed E-state index contributed by atoms with van der Waals surface area (Å²) in [7, 11) is -2.85. The molecule has 0 bridgehead atoms. The Labute approximate surface area is 128 Å². The van der Waals surface area contributed by atoms with Crippen LogP contribution in [0.3, 0.4) is 0 Å². The highest BCUT2D eigenvalue weighted by atomic mass is 16.5. The van der Waals surface area contributed by atoms with E-state index in [1.807, 2.05) is 0 Å². The number of hydrogen-bond donors (Lipinski definition) is 1. The van der Waals surface area contributed by atoms with E-state index in [0.29, 0.717) is 0 Å². The van der Waals surface area contributed by atoms with Crippen molar-refractivity contribution in [3.63, 3.8) is 0 Å². The van der Waals surface area contributed by atoms with Gasteiger partial charge in [0.1, 0.15) is 12.7 Å². The van der Waals surface area contributed by atoms with Gasteiger partial charge >= 0.3 is 0 Å². The molecule has 3 heteroatoms. The number of ether oxygens (including phenoxy) is 1. The van der Waals surface area contributed by atoms with Crippen molar-refractivity contribution in [2.45, 2.75) is 43.5 Å². The van der Waals surface area contributed by atoms with E-state index in [4.69, 9.17) is 25.8 Å². The zero-order valence-electron chi connectivity index (χ0n) is 23.1. The highest BCUT2D eigenvalue weighted by Crippen LogP contribution is 2.41. The van der Waals surface area contributed by atoms with Crippen molar-refractivity contribution < 1.29 is 29.0 Å². The summed E-state index contributed by atoms with van der Waals surface area (Å²) in [6.45, 7) is 7.45. The number of methoxy groups -OCH3 is 1. The average molecular weight is 259 g/mol. The van der Waals surface area contributed by atoms with Crippen LogP contribution in [0.4, 0.5) is 0 Å². The zero-order chi connectivity index (χ0) is 25.4. The van der Waals surface area contributed by atoms with Crippen LogP contribution in [0.25, 0.3) is 4.85 Å². The van der Waals surface area contributed by atoms with Gasteiger partial charge in [-0.2, -0.15) is 0 Å². The van der Waals surface area contributed by atoms with Crippen LogP contribution in [0.5, 0.6) is 5.75 Å². The van der Waals surface area contributed by atoms with Crippen molar-refractivity contribution in [2.24, 2.45) is 0 Å². The molecule has 3 nitrogen and oxygen atoms in total. The van der Waals surface area contributed by atoms with Crippen molar-refractivity contribution in [3.8, 4) is 5.75 Å².